The fourth-order valence-corrected chi connectivity index (χ4v) is 6.91. The zero-order valence-corrected chi connectivity index (χ0v) is 18.9. The van der Waals surface area contributed by atoms with Crippen molar-refractivity contribution < 1.29 is 4.43 Å². The molecule has 1 unspecified atom stereocenters. The van der Waals surface area contributed by atoms with Gasteiger partial charge in [-0.05, 0) is 67.0 Å². The Morgan fingerprint density at radius 3 is 2.42 bits per heavy atom. The molecule has 0 aromatic carbocycles. The standard InChI is InChI=1S/C22H44OSi/c1-9-10-12-17(2)18-14-15-19-20(13-11-16-22(18,19)6)23-24(7,8)21(3,4)5/h17-20H,9-16H2,1-8H3/t17-,18+,19-,20?,22+/m0/s1. The van der Waals surface area contributed by atoms with Gasteiger partial charge in [0, 0.05) is 6.10 Å². The van der Waals surface area contributed by atoms with Gasteiger partial charge in [-0.15, -0.1) is 0 Å². The average molecular weight is 353 g/mol. The molecule has 0 heterocycles. The molecule has 142 valence electrons. The fraction of sp³-hybridized carbons (Fsp3) is 1.00. The van der Waals surface area contributed by atoms with E-state index in [-0.39, 0.29) is 0 Å². The van der Waals surface area contributed by atoms with Crippen molar-refractivity contribution in [3.8, 4) is 0 Å². The van der Waals surface area contributed by atoms with Crippen LogP contribution < -0.4 is 0 Å². The molecule has 2 rings (SSSR count). The second-order valence-electron chi connectivity index (χ2n) is 10.7. The number of hydrogen-bond donors (Lipinski definition) is 0. The van der Waals surface area contributed by atoms with Crippen LogP contribution in [0, 0.1) is 23.2 Å². The van der Waals surface area contributed by atoms with Crippen LogP contribution in [0.2, 0.25) is 18.1 Å². The van der Waals surface area contributed by atoms with Crippen molar-refractivity contribution in [2.24, 2.45) is 23.2 Å². The van der Waals surface area contributed by atoms with Gasteiger partial charge in [-0.1, -0.05) is 67.2 Å². The molecule has 0 N–H and O–H groups in total. The molecule has 0 amide bonds. The first-order valence-electron chi connectivity index (χ1n) is 10.7. The highest BCUT2D eigenvalue weighted by atomic mass is 28.4. The summed E-state index contributed by atoms with van der Waals surface area (Å²) in [7, 11) is -1.66. The molecule has 5 atom stereocenters. The first-order chi connectivity index (χ1) is 11.0. The van der Waals surface area contributed by atoms with E-state index in [9.17, 15) is 0 Å². The molecule has 0 aliphatic heterocycles. The predicted molar refractivity (Wildman–Crippen MR) is 109 cm³/mol. The SMILES string of the molecule is CCCC[C@H](C)[C@H]1CC[C@H]2C(O[Si](C)(C)C(C)(C)C)CCC[C@]12C. The van der Waals surface area contributed by atoms with E-state index >= 15 is 0 Å². The minimum atomic E-state index is -1.66. The van der Waals surface area contributed by atoms with E-state index in [0.29, 0.717) is 16.6 Å². The number of hydrogen-bond acceptors (Lipinski definition) is 1. The van der Waals surface area contributed by atoms with Crippen LogP contribution in [0.4, 0.5) is 0 Å². The summed E-state index contributed by atoms with van der Waals surface area (Å²) in [5.41, 5.74) is 0.540. The van der Waals surface area contributed by atoms with Crippen LogP contribution in [-0.2, 0) is 4.43 Å². The third-order valence-corrected chi connectivity index (χ3v) is 12.6. The highest BCUT2D eigenvalue weighted by Crippen LogP contribution is 2.59. The Morgan fingerprint density at radius 1 is 1.17 bits per heavy atom. The molecule has 2 aliphatic carbocycles. The Balaban J connectivity index is 2.11. The first kappa shape index (κ1) is 20.5. The van der Waals surface area contributed by atoms with Gasteiger partial charge in [0.05, 0.1) is 0 Å². The van der Waals surface area contributed by atoms with Crippen molar-refractivity contribution >= 4 is 8.32 Å². The number of fused-ring (bicyclic) bond motifs is 1. The lowest BCUT2D eigenvalue weighted by Gasteiger charge is -2.50. The van der Waals surface area contributed by atoms with Crippen molar-refractivity contribution in [2.45, 2.75) is 117 Å². The van der Waals surface area contributed by atoms with Gasteiger partial charge in [0.15, 0.2) is 8.32 Å². The van der Waals surface area contributed by atoms with Crippen molar-refractivity contribution in [1.82, 2.24) is 0 Å². The number of unbranched alkanes of at least 4 members (excludes halogenated alkanes) is 1. The molecule has 2 saturated carbocycles. The van der Waals surface area contributed by atoms with E-state index in [0.717, 1.165) is 17.8 Å². The van der Waals surface area contributed by atoms with Crippen LogP contribution in [0.15, 0.2) is 0 Å². The third kappa shape index (κ3) is 3.95. The van der Waals surface area contributed by atoms with Crippen molar-refractivity contribution in [3.63, 3.8) is 0 Å². The highest BCUT2D eigenvalue weighted by Gasteiger charge is 2.54. The molecule has 24 heavy (non-hydrogen) atoms. The molecule has 0 aromatic rings. The Bertz CT molecular complexity index is 411. The summed E-state index contributed by atoms with van der Waals surface area (Å²) in [6.07, 6.45) is 11.7. The second-order valence-corrected chi connectivity index (χ2v) is 15.5. The summed E-state index contributed by atoms with van der Waals surface area (Å²) in [6.45, 7) is 19.5. The van der Waals surface area contributed by atoms with Crippen molar-refractivity contribution in [3.05, 3.63) is 0 Å². The summed E-state index contributed by atoms with van der Waals surface area (Å²) in [5.74, 6) is 2.64. The van der Waals surface area contributed by atoms with Crippen LogP contribution in [0.3, 0.4) is 0 Å². The summed E-state index contributed by atoms with van der Waals surface area (Å²) in [6, 6.07) is 0. The minimum absolute atomic E-state index is 0.327. The van der Waals surface area contributed by atoms with Gasteiger partial charge >= 0.3 is 0 Å². The summed E-state index contributed by atoms with van der Waals surface area (Å²) in [4.78, 5) is 0. The molecule has 0 bridgehead atoms. The van der Waals surface area contributed by atoms with Gasteiger partial charge in [-0.3, -0.25) is 0 Å². The van der Waals surface area contributed by atoms with Gasteiger partial charge in [0.2, 0.25) is 0 Å². The first-order valence-corrected chi connectivity index (χ1v) is 13.6. The molecule has 0 aromatic heterocycles. The Morgan fingerprint density at radius 2 is 1.83 bits per heavy atom. The van der Waals surface area contributed by atoms with Gasteiger partial charge in [-0.2, -0.15) is 0 Å². The predicted octanol–water partition coefficient (Wildman–Crippen LogP) is 7.42. The zero-order valence-electron chi connectivity index (χ0n) is 17.9. The van der Waals surface area contributed by atoms with Crippen LogP contribution in [0.5, 0.6) is 0 Å². The molecule has 2 fully saturated rings. The Hall–Kier alpha value is 0.177. The van der Waals surface area contributed by atoms with Gasteiger partial charge < -0.3 is 4.43 Å². The second kappa shape index (κ2) is 7.43. The largest absolute Gasteiger partial charge is 0.414 e. The van der Waals surface area contributed by atoms with Gasteiger partial charge in [0.25, 0.3) is 0 Å². The number of rotatable bonds is 6. The summed E-state index contributed by atoms with van der Waals surface area (Å²) in [5, 5.41) is 0.327. The maximum Gasteiger partial charge on any atom is 0.192 e. The minimum Gasteiger partial charge on any atom is -0.414 e. The molecule has 0 radical (unpaired) electrons. The molecule has 2 heteroatoms. The van der Waals surface area contributed by atoms with E-state index in [4.69, 9.17) is 4.43 Å². The highest BCUT2D eigenvalue weighted by molar-refractivity contribution is 6.74. The van der Waals surface area contributed by atoms with Crippen molar-refractivity contribution in [1.29, 1.82) is 0 Å². The molecule has 1 nitrogen and oxygen atoms in total. The Labute approximate surface area is 153 Å². The maximum absolute atomic E-state index is 6.97. The van der Waals surface area contributed by atoms with Crippen LogP contribution in [0.1, 0.15) is 92.9 Å². The van der Waals surface area contributed by atoms with E-state index in [1.165, 1.54) is 51.4 Å². The maximum atomic E-state index is 6.97. The normalized spacial score (nSPS) is 35.8. The summed E-state index contributed by atoms with van der Waals surface area (Å²) < 4.78 is 6.97. The van der Waals surface area contributed by atoms with E-state index in [2.05, 4.69) is 54.6 Å². The monoisotopic (exact) mass is 352 g/mol. The van der Waals surface area contributed by atoms with Crippen LogP contribution in [0.25, 0.3) is 0 Å². The lowest BCUT2D eigenvalue weighted by molar-refractivity contribution is -0.0212. The molecule has 2 aliphatic rings. The van der Waals surface area contributed by atoms with Gasteiger partial charge in [0.1, 0.15) is 0 Å². The third-order valence-electron chi connectivity index (χ3n) is 8.09. The van der Waals surface area contributed by atoms with E-state index < -0.39 is 8.32 Å². The molecule has 0 spiro atoms. The lowest BCUT2D eigenvalue weighted by atomic mass is 9.61. The van der Waals surface area contributed by atoms with Crippen molar-refractivity contribution in [2.75, 3.05) is 0 Å². The Kier molecular flexibility index (Phi) is 6.34. The van der Waals surface area contributed by atoms with E-state index in [1.807, 2.05) is 0 Å². The summed E-state index contributed by atoms with van der Waals surface area (Å²) >= 11 is 0. The quantitative estimate of drug-likeness (QED) is 0.452. The average Bonchev–Trinajstić information content (AvgIpc) is 2.81. The van der Waals surface area contributed by atoms with Gasteiger partial charge in [-0.25, -0.2) is 0 Å². The topological polar surface area (TPSA) is 9.23 Å². The molecular weight excluding hydrogens is 308 g/mol. The smallest absolute Gasteiger partial charge is 0.192 e. The van der Waals surface area contributed by atoms with Crippen LogP contribution >= 0.6 is 0 Å². The lowest BCUT2D eigenvalue weighted by Crippen LogP contribution is -2.50. The van der Waals surface area contributed by atoms with Crippen LogP contribution in [-0.4, -0.2) is 14.4 Å². The zero-order chi connectivity index (χ0) is 18.2. The molecule has 0 saturated heterocycles. The molecular formula is C22H44OSi. The van der Waals surface area contributed by atoms with E-state index in [1.54, 1.807) is 0 Å². The fourth-order valence-electron chi connectivity index (χ4n) is 5.52.